The molecule has 1 aliphatic heterocycles. The Hall–Kier alpha value is -2.51. The average molecular weight is 343 g/mol. The Kier molecular flexibility index (Phi) is 4.73. The van der Waals surface area contributed by atoms with Gasteiger partial charge in [-0.1, -0.05) is 30.3 Å². The summed E-state index contributed by atoms with van der Waals surface area (Å²) >= 11 is -2.69. The van der Waals surface area contributed by atoms with Crippen LogP contribution in [0.1, 0.15) is 31.8 Å². The van der Waals surface area contributed by atoms with Crippen molar-refractivity contribution in [3.8, 4) is 0 Å². The first kappa shape index (κ1) is 16.4. The smallest absolute Gasteiger partial charge is 0.262 e. The Labute approximate surface area is 141 Å². The quantitative estimate of drug-likeness (QED) is 0.853. The van der Waals surface area contributed by atoms with Gasteiger partial charge in [0.2, 0.25) is 0 Å². The summed E-state index contributed by atoms with van der Waals surface area (Å²) in [6, 6.07) is 14.0. The summed E-state index contributed by atoms with van der Waals surface area (Å²) in [6.45, 7) is 1.13. The van der Waals surface area contributed by atoms with E-state index in [2.05, 4.69) is 6.07 Å². The second-order valence-electron chi connectivity index (χ2n) is 5.49. The molecule has 0 fully saturated rings. The minimum Gasteiger partial charge on any atom is -0.755 e. The zero-order valence-corrected chi connectivity index (χ0v) is 13.5. The molecule has 0 saturated heterocycles. The first-order chi connectivity index (χ1) is 11.5. The highest BCUT2D eigenvalue weighted by atomic mass is 32.2. The summed E-state index contributed by atoms with van der Waals surface area (Å²) in [5.74, 6) is -0.940. The van der Waals surface area contributed by atoms with Crippen LogP contribution in [-0.2, 0) is 24.2 Å². The molecule has 7 heteroatoms. The Morgan fingerprint density at radius 3 is 2.50 bits per heavy atom. The molecule has 6 nitrogen and oxygen atoms in total. The van der Waals surface area contributed by atoms with Crippen molar-refractivity contribution in [3.63, 3.8) is 0 Å². The van der Waals surface area contributed by atoms with Crippen molar-refractivity contribution < 1.29 is 18.4 Å². The molecule has 0 aromatic heterocycles. The van der Waals surface area contributed by atoms with Crippen LogP contribution < -0.4 is 4.72 Å². The van der Waals surface area contributed by atoms with Crippen molar-refractivity contribution in [1.82, 2.24) is 9.62 Å². The van der Waals surface area contributed by atoms with Crippen LogP contribution >= 0.6 is 0 Å². The lowest BCUT2D eigenvalue weighted by molar-refractivity contribution is 0.0734. The van der Waals surface area contributed by atoms with Gasteiger partial charge in [-0.15, -0.1) is 0 Å². The van der Waals surface area contributed by atoms with Gasteiger partial charge in [-0.05, 0) is 35.7 Å². The number of hydrogen-bond donors (Lipinski definition) is 1. The van der Waals surface area contributed by atoms with Crippen LogP contribution in [0, 0.1) is 0 Å². The van der Waals surface area contributed by atoms with E-state index in [1.54, 1.807) is 21.8 Å². The van der Waals surface area contributed by atoms with Crippen LogP contribution in [-0.4, -0.2) is 32.0 Å². The van der Waals surface area contributed by atoms with Gasteiger partial charge >= 0.3 is 0 Å². The lowest BCUT2D eigenvalue weighted by atomic mass is 9.99. The predicted molar refractivity (Wildman–Crippen MR) is 87.7 cm³/mol. The fourth-order valence-corrected chi connectivity index (χ4v) is 3.05. The Bertz CT molecular complexity index is 822. The Morgan fingerprint density at radius 1 is 1.04 bits per heavy atom. The van der Waals surface area contributed by atoms with E-state index in [1.165, 1.54) is 17.7 Å². The summed E-state index contributed by atoms with van der Waals surface area (Å²) in [5, 5.41) is 0. The van der Waals surface area contributed by atoms with E-state index in [9.17, 15) is 18.4 Å². The van der Waals surface area contributed by atoms with Gasteiger partial charge in [0.1, 0.15) is 0 Å². The average Bonchev–Trinajstić information content (AvgIpc) is 2.60. The van der Waals surface area contributed by atoms with Crippen molar-refractivity contribution in [2.45, 2.75) is 13.0 Å². The van der Waals surface area contributed by atoms with Crippen LogP contribution in [0.3, 0.4) is 0 Å². The van der Waals surface area contributed by atoms with E-state index in [0.717, 1.165) is 12.0 Å². The summed E-state index contributed by atoms with van der Waals surface area (Å²) in [4.78, 5) is 26.1. The number of amides is 2. The molecule has 0 spiro atoms. The molecule has 2 aromatic carbocycles. The number of carbonyl (C=O) groups excluding carboxylic acids is 2. The van der Waals surface area contributed by atoms with E-state index in [4.69, 9.17) is 0 Å². The molecule has 1 atom stereocenters. The van der Waals surface area contributed by atoms with Crippen molar-refractivity contribution in [2.24, 2.45) is 0 Å². The molecule has 2 amide bonds. The van der Waals surface area contributed by atoms with E-state index in [-0.39, 0.29) is 11.5 Å². The fourth-order valence-electron chi connectivity index (χ4n) is 2.78. The van der Waals surface area contributed by atoms with Gasteiger partial charge in [0.25, 0.3) is 11.8 Å². The topological polar surface area (TPSA) is 89.5 Å². The maximum atomic E-state index is 12.7. The third-order valence-electron chi connectivity index (χ3n) is 3.97. The lowest BCUT2D eigenvalue weighted by Crippen LogP contribution is -2.36. The minimum atomic E-state index is -2.69. The zero-order valence-electron chi connectivity index (χ0n) is 12.7. The largest absolute Gasteiger partial charge is 0.755 e. The number of carbonyl (C=O) groups is 2. The second-order valence-corrected chi connectivity index (χ2v) is 6.17. The number of benzene rings is 2. The third-order valence-corrected chi connectivity index (χ3v) is 4.32. The first-order valence-electron chi connectivity index (χ1n) is 7.41. The highest BCUT2D eigenvalue weighted by Gasteiger charge is 2.22. The summed E-state index contributed by atoms with van der Waals surface area (Å²) in [7, 11) is 0. The summed E-state index contributed by atoms with van der Waals surface area (Å²) in [5.41, 5.74) is 2.85. The monoisotopic (exact) mass is 343 g/mol. The standard InChI is InChI=1S/C17H16N2O4S/c20-16(18-24(22)23)13-6-3-7-14(10-13)17(21)19-9-8-12-4-1-2-5-15(12)11-19/h1-7,10H,8-9,11H2,(H,18,20)(H,22,23)/p-1. The van der Waals surface area contributed by atoms with Gasteiger partial charge in [0.15, 0.2) is 0 Å². The van der Waals surface area contributed by atoms with E-state index in [0.29, 0.717) is 18.7 Å². The van der Waals surface area contributed by atoms with Crippen LogP contribution in [0.5, 0.6) is 0 Å². The molecule has 2 aromatic rings. The van der Waals surface area contributed by atoms with E-state index < -0.39 is 17.2 Å². The lowest BCUT2D eigenvalue weighted by Gasteiger charge is -2.29. The van der Waals surface area contributed by atoms with Gasteiger partial charge in [0.05, 0.1) is 0 Å². The Morgan fingerprint density at radius 2 is 1.75 bits per heavy atom. The molecule has 3 rings (SSSR count). The van der Waals surface area contributed by atoms with Crippen molar-refractivity contribution >= 4 is 23.1 Å². The Balaban J connectivity index is 1.79. The van der Waals surface area contributed by atoms with Gasteiger partial charge in [-0.25, -0.2) is 0 Å². The van der Waals surface area contributed by atoms with Gasteiger partial charge in [-0.3, -0.25) is 18.5 Å². The molecule has 0 aliphatic carbocycles. The maximum absolute atomic E-state index is 12.7. The first-order valence-corrected chi connectivity index (χ1v) is 8.48. The third kappa shape index (κ3) is 3.52. The molecule has 1 heterocycles. The van der Waals surface area contributed by atoms with Gasteiger partial charge in [0, 0.05) is 35.5 Å². The number of nitrogens with zero attached hydrogens (tertiary/aromatic N) is 1. The normalized spacial score (nSPS) is 14.6. The molecule has 24 heavy (non-hydrogen) atoms. The van der Waals surface area contributed by atoms with Gasteiger partial charge < -0.3 is 9.45 Å². The molecule has 124 valence electrons. The second kappa shape index (κ2) is 6.94. The number of fused-ring (bicyclic) bond motifs is 1. The highest BCUT2D eigenvalue weighted by Crippen LogP contribution is 2.20. The number of hydrogen-bond acceptors (Lipinski definition) is 4. The summed E-state index contributed by atoms with van der Waals surface area (Å²) < 4.78 is 22.9. The molecule has 0 saturated carbocycles. The van der Waals surface area contributed by atoms with Crippen molar-refractivity contribution in [1.29, 1.82) is 0 Å². The molecule has 1 N–H and O–H groups in total. The minimum absolute atomic E-state index is 0.127. The SMILES string of the molecule is O=C(NS(=O)[O-])c1cccc(C(=O)N2CCc3ccccc3C2)c1. The molecule has 0 bridgehead atoms. The van der Waals surface area contributed by atoms with E-state index in [1.807, 2.05) is 18.2 Å². The molecular formula is C17H15N2O4S-. The highest BCUT2D eigenvalue weighted by molar-refractivity contribution is 7.77. The molecule has 1 aliphatic rings. The predicted octanol–water partition coefficient (Wildman–Crippen LogP) is 1.41. The molecular weight excluding hydrogens is 328 g/mol. The van der Waals surface area contributed by atoms with Crippen LogP contribution in [0.2, 0.25) is 0 Å². The molecule has 1 unspecified atom stereocenters. The van der Waals surface area contributed by atoms with Crippen LogP contribution in [0.15, 0.2) is 48.5 Å². The van der Waals surface area contributed by atoms with Crippen molar-refractivity contribution in [3.05, 3.63) is 70.8 Å². The number of nitrogens with one attached hydrogen (secondary N) is 1. The molecule has 0 radical (unpaired) electrons. The van der Waals surface area contributed by atoms with Crippen LogP contribution in [0.4, 0.5) is 0 Å². The zero-order chi connectivity index (χ0) is 17.1. The van der Waals surface area contributed by atoms with Gasteiger partial charge in [-0.2, -0.15) is 0 Å². The summed E-state index contributed by atoms with van der Waals surface area (Å²) in [6.07, 6.45) is 0.789. The fraction of sp³-hybridized carbons (Fsp3) is 0.176. The van der Waals surface area contributed by atoms with E-state index >= 15 is 0 Å². The number of rotatable bonds is 3. The van der Waals surface area contributed by atoms with Crippen molar-refractivity contribution in [2.75, 3.05) is 6.54 Å². The maximum Gasteiger partial charge on any atom is 0.262 e. The van der Waals surface area contributed by atoms with Crippen LogP contribution in [0.25, 0.3) is 0 Å².